The minimum atomic E-state index is -2.72. The number of pyridine rings is 1. The molecule has 1 aliphatic heterocycles. The molecule has 8 nitrogen and oxygen atoms in total. The molecule has 5 rings (SSSR count). The van der Waals surface area contributed by atoms with Crippen LogP contribution in [0.3, 0.4) is 0 Å². The van der Waals surface area contributed by atoms with Crippen molar-refractivity contribution in [3.63, 3.8) is 0 Å². The number of aromatic nitrogens is 3. The van der Waals surface area contributed by atoms with Gasteiger partial charge in [0.2, 0.25) is 11.8 Å². The van der Waals surface area contributed by atoms with E-state index in [9.17, 15) is 23.6 Å². The zero-order chi connectivity index (χ0) is 24.6. The number of hydrogen-bond acceptors (Lipinski definition) is 5. The van der Waals surface area contributed by atoms with Gasteiger partial charge in [-0.25, -0.2) is 9.67 Å². The maximum atomic E-state index is 13.1. The number of rotatable bonds is 7. The number of alkyl halides is 2. The number of halogens is 2. The number of nitrogens with zero attached hydrogens (tertiary/aromatic N) is 5. The summed E-state index contributed by atoms with van der Waals surface area (Å²) in [5.41, 5.74) is 1.54. The van der Waals surface area contributed by atoms with Crippen molar-refractivity contribution in [2.75, 3.05) is 16.8 Å². The second-order valence-corrected chi connectivity index (χ2v) is 8.88. The van der Waals surface area contributed by atoms with Gasteiger partial charge in [-0.2, -0.15) is 19.1 Å². The molecule has 1 saturated carbocycles. The minimum absolute atomic E-state index is 0.0462. The van der Waals surface area contributed by atoms with E-state index in [4.69, 9.17) is 0 Å². The summed E-state index contributed by atoms with van der Waals surface area (Å²) >= 11 is 0. The normalized spacial score (nSPS) is 19.7. The van der Waals surface area contributed by atoms with E-state index in [0.717, 1.165) is 12.8 Å². The van der Waals surface area contributed by atoms with E-state index >= 15 is 0 Å². The molecule has 178 valence electrons. The summed E-state index contributed by atoms with van der Waals surface area (Å²) in [6.45, 7) is -2.27. The molecule has 10 heteroatoms. The summed E-state index contributed by atoms with van der Waals surface area (Å²) in [6, 6.07) is 12.6. The van der Waals surface area contributed by atoms with E-state index in [0.29, 0.717) is 45.8 Å². The van der Waals surface area contributed by atoms with Gasteiger partial charge in [-0.15, -0.1) is 0 Å². The summed E-state index contributed by atoms with van der Waals surface area (Å²) in [7, 11) is 0. The van der Waals surface area contributed by atoms with Crippen LogP contribution in [-0.2, 0) is 16.0 Å². The molecule has 1 aromatic carbocycles. The number of carbonyl (C=O) groups is 2. The fourth-order valence-electron chi connectivity index (χ4n) is 4.62. The van der Waals surface area contributed by atoms with Crippen molar-refractivity contribution in [2.24, 2.45) is 11.3 Å². The molecule has 2 aromatic heterocycles. The highest BCUT2D eigenvalue weighted by Crippen LogP contribution is 2.51. The van der Waals surface area contributed by atoms with Crippen molar-refractivity contribution in [3.05, 3.63) is 60.6 Å². The molecule has 3 heterocycles. The van der Waals surface area contributed by atoms with Crippen LogP contribution in [0, 0.1) is 22.7 Å². The molecule has 2 fully saturated rings. The lowest BCUT2D eigenvalue weighted by molar-refractivity contribution is -0.123. The lowest BCUT2D eigenvalue weighted by atomic mass is 9.83. The highest BCUT2D eigenvalue weighted by atomic mass is 19.3. The lowest BCUT2D eigenvalue weighted by Gasteiger charge is -2.21. The van der Waals surface area contributed by atoms with Gasteiger partial charge in [0.25, 0.3) is 0 Å². The van der Waals surface area contributed by atoms with Gasteiger partial charge < -0.3 is 10.2 Å². The Morgan fingerprint density at radius 2 is 2.09 bits per heavy atom. The van der Waals surface area contributed by atoms with Crippen molar-refractivity contribution in [1.29, 1.82) is 5.26 Å². The average molecular weight is 476 g/mol. The topological polar surface area (TPSA) is 104 Å². The zero-order valence-electron chi connectivity index (χ0n) is 18.7. The first-order valence-electron chi connectivity index (χ1n) is 11.3. The van der Waals surface area contributed by atoms with Crippen molar-refractivity contribution in [2.45, 2.75) is 32.2 Å². The first kappa shape index (κ1) is 22.7. The van der Waals surface area contributed by atoms with Gasteiger partial charge in [0.15, 0.2) is 0 Å². The largest absolute Gasteiger partial charge is 0.333 e. The van der Waals surface area contributed by atoms with E-state index < -0.39 is 12.0 Å². The van der Waals surface area contributed by atoms with E-state index in [-0.39, 0.29) is 24.2 Å². The van der Waals surface area contributed by atoms with Crippen molar-refractivity contribution in [3.8, 4) is 17.2 Å². The second-order valence-electron chi connectivity index (χ2n) is 8.88. The van der Waals surface area contributed by atoms with Crippen LogP contribution in [0.5, 0.6) is 0 Å². The summed E-state index contributed by atoms with van der Waals surface area (Å²) < 4.78 is 26.2. The van der Waals surface area contributed by atoms with Crippen LogP contribution < -0.4 is 10.2 Å². The number of hydrogen-bond donors (Lipinski definition) is 1. The van der Waals surface area contributed by atoms with Gasteiger partial charge in [0, 0.05) is 36.3 Å². The molecular weight excluding hydrogens is 454 g/mol. The molecule has 1 atom stereocenters. The molecule has 0 spiro atoms. The molecule has 0 radical (unpaired) electrons. The number of anilines is 2. The predicted molar refractivity (Wildman–Crippen MR) is 123 cm³/mol. The van der Waals surface area contributed by atoms with Crippen molar-refractivity contribution >= 4 is 23.3 Å². The summed E-state index contributed by atoms with van der Waals surface area (Å²) in [4.78, 5) is 31.5. The van der Waals surface area contributed by atoms with Crippen LogP contribution in [0.1, 0.15) is 31.4 Å². The molecular formula is C25H22F2N6O2. The SMILES string of the molecule is N#C[C@@]1(C2CC2)CCN(c2ccnc(NC(=O)Cc3cccc(-c4cnn(C(F)F)c4)c3)c2)C1=O. The van der Waals surface area contributed by atoms with Crippen LogP contribution in [0.2, 0.25) is 0 Å². The molecule has 2 aliphatic rings. The number of nitriles is 1. The van der Waals surface area contributed by atoms with Gasteiger partial charge in [0.05, 0.1) is 18.7 Å². The fourth-order valence-corrected chi connectivity index (χ4v) is 4.62. The lowest BCUT2D eigenvalue weighted by Crippen LogP contribution is -2.35. The smallest absolute Gasteiger partial charge is 0.311 e. The van der Waals surface area contributed by atoms with Crippen LogP contribution >= 0.6 is 0 Å². The summed E-state index contributed by atoms with van der Waals surface area (Å²) in [5.74, 6) is -0.0628. The summed E-state index contributed by atoms with van der Waals surface area (Å²) in [5, 5.41) is 16.1. The Bertz CT molecular complexity index is 1330. The van der Waals surface area contributed by atoms with Crippen LogP contribution in [-0.4, -0.2) is 33.1 Å². The molecule has 1 N–H and O–H groups in total. The molecule has 1 aliphatic carbocycles. The monoisotopic (exact) mass is 476 g/mol. The standard InChI is InChI=1S/C25H22F2N6O2/c26-24(27)33-14-18(13-30-33)17-3-1-2-16(10-17)11-22(34)31-21-12-20(6-8-29-21)32-9-7-25(15-28,23(32)35)19-4-5-19/h1-3,6,8,10,12-14,19,24H,4-5,7,9,11H2,(H,29,31,34)/t25-/m1/s1. The number of amides is 2. The van der Waals surface area contributed by atoms with E-state index in [1.807, 2.05) is 0 Å². The maximum absolute atomic E-state index is 13.1. The van der Waals surface area contributed by atoms with Crippen molar-refractivity contribution < 1.29 is 18.4 Å². The molecule has 35 heavy (non-hydrogen) atoms. The Morgan fingerprint density at radius 3 is 2.80 bits per heavy atom. The molecule has 2 amide bonds. The third-order valence-electron chi connectivity index (χ3n) is 6.58. The minimum Gasteiger partial charge on any atom is -0.311 e. The Kier molecular flexibility index (Phi) is 5.76. The zero-order valence-corrected chi connectivity index (χ0v) is 18.7. The van der Waals surface area contributed by atoms with Gasteiger partial charge in [-0.3, -0.25) is 9.59 Å². The molecule has 3 aromatic rings. The molecule has 0 unspecified atom stereocenters. The first-order valence-corrected chi connectivity index (χ1v) is 11.3. The Morgan fingerprint density at radius 1 is 1.26 bits per heavy atom. The van der Waals surface area contributed by atoms with Crippen LogP contribution in [0.15, 0.2) is 55.0 Å². The third kappa shape index (κ3) is 4.37. The Labute approximate surface area is 200 Å². The van der Waals surface area contributed by atoms with Gasteiger partial charge in [-0.1, -0.05) is 24.3 Å². The Hall–Kier alpha value is -4.13. The predicted octanol–water partition coefficient (Wildman–Crippen LogP) is 4.18. The van der Waals surface area contributed by atoms with E-state index in [1.165, 1.54) is 18.6 Å². The van der Waals surface area contributed by atoms with Gasteiger partial charge in [0.1, 0.15) is 11.2 Å². The van der Waals surface area contributed by atoms with E-state index in [2.05, 4.69) is 21.5 Å². The van der Waals surface area contributed by atoms with Crippen LogP contribution in [0.4, 0.5) is 20.3 Å². The van der Waals surface area contributed by atoms with Gasteiger partial charge in [-0.05, 0) is 42.4 Å². The molecule has 1 saturated heterocycles. The number of benzene rings is 1. The number of nitrogens with one attached hydrogen (secondary N) is 1. The highest BCUT2D eigenvalue weighted by molar-refractivity contribution is 6.02. The average Bonchev–Trinajstić information content (AvgIpc) is 3.47. The number of carbonyl (C=O) groups excluding carboxylic acids is 2. The third-order valence-corrected chi connectivity index (χ3v) is 6.58. The quantitative estimate of drug-likeness (QED) is 0.551. The van der Waals surface area contributed by atoms with E-state index in [1.54, 1.807) is 41.3 Å². The fraction of sp³-hybridized carbons (Fsp3) is 0.320. The van der Waals surface area contributed by atoms with Gasteiger partial charge >= 0.3 is 6.55 Å². The molecule has 0 bridgehead atoms. The summed E-state index contributed by atoms with van der Waals surface area (Å²) in [6.07, 6.45) is 6.48. The van der Waals surface area contributed by atoms with Crippen LogP contribution in [0.25, 0.3) is 11.1 Å². The maximum Gasteiger partial charge on any atom is 0.333 e. The second kappa shape index (κ2) is 8.91. The van der Waals surface area contributed by atoms with Crippen molar-refractivity contribution in [1.82, 2.24) is 14.8 Å². The first-order chi connectivity index (χ1) is 16.9. The Balaban J connectivity index is 1.26. The highest BCUT2D eigenvalue weighted by Gasteiger charge is 2.56.